The summed E-state index contributed by atoms with van der Waals surface area (Å²) >= 11 is 0. The van der Waals surface area contributed by atoms with Gasteiger partial charge in [0.05, 0.1) is 29.3 Å². The topological polar surface area (TPSA) is 72.9 Å². The van der Waals surface area contributed by atoms with Crippen molar-refractivity contribution in [1.82, 2.24) is 9.78 Å². The van der Waals surface area contributed by atoms with Crippen molar-refractivity contribution in [2.75, 3.05) is 11.9 Å². The van der Waals surface area contributed by atoms with Crippen LogP contribution >= 0.6 is 0 Å². The first-order chi connectivity index (χ1) is 10.4. The molecule has 1 aromatic carbocycles. The Labute approximate surface area is 124 Å². The summed E-state index contributed by atoms with van der Waals surface area (Å²) in [4.78, 5) is 11.6. The number of halogens is 3. The normalized spacial score (nSPS) is 11.5. The summed E-state index contributed by atoms with van der Waals surface area (Å²) in [5, 5.41) is 6.56. The second kappa shape index (κ2) is 6.61. The second-order valence-corrected chi connectivity index (χ2v) is 4.66. The Morgan fingerprint density at radius 2 is 2.14 bits per heavy atom. The standard InChI is InChI=1S/C14H15F3N4O/c15-14(16,17)10-3-1-4-12(7-10)21-9-11(8-19-21)20-13(22)5-2-6-18/h1,3-4,7-9H,2,5-6,18H2,(H,20,22). The molecule has 0 saturated heterocycles. The van der Waals surface area contributed by atoms with Gasteiger partial charge < -0.3 is 11.1 Å². The van der Waals surface area contributed by atoms with Crippen molar-refractivity contribution in [3.8, 4) is 5.69 Å². The van der Waals surface area contributed by atoms with Crippen molar-refractivity contribution in [2.24, 2.45) is 5.73 Å². The number of carbonyl (C=O) groups is 1. The number of nitrogens with one attached hydrogen (secondary N) is 1. The molecule has 1 heterocycles. The minimum Gasteiger partial charge on any atom is -0.330 e. The zero-order chi connectivity index (χ0) is 16.2. The van der Waals surface area contributed by atoms with E-state index < -0.39 is 11.7 Å². The van der Waals surface area contributed by atoms with E-state index in [1.54, 1.807) is 0 Å². The highest BCUT2D eigenvalue weighted by Crippen LogP contribution is 2.30. The summed E-state index contributed by atoms with van der Waals surface area (Å²) < 4.78 is 39.3. The van der Waals surface area contributed by atoms with Gasteiger partial charge in [0.2, 0.25) is 5.91 Å². The second-order valence-electron chi connectivity index (χ2n) is 4.66. The summed E-state index contributed by atoms with van der Waals surface area (Å²) in [7, 11) is 0. The lowest BCUT2D eigenvalue weighted by Gasteiger charge is -2.08. The molecule has 0 fully saturated rings. The van der Waals surface area contributed by atoms with Gasteiger partial charge in [-0.05, 0) is 31.2 Å². The molecule has 0 spiro atoms. The first kappa shape index (κ1) is 16.0. The van der Waals surface area contributed by atoms with E-state index in [-0.39, 0.29) is 18.0 Å². The van der Waals surface area contributed by atoms with Gasteiger partial charge in [0, 0.05) is 6.42 Å². The molecule has 3 N–H and O–H groups in total. The molecule has 0 aliphatic rings. The van der Waals surface area contributed by atoms with E-state index in [1.165, 1.54) is 29.2 Å². The zero-order valence-electron chi connectivity index (χ0n) is 11.6. The van der Waals surface area contributed by atoms with Crippen molar-refractivity contribution in [2.45, 2.75) is 19.0 Å². The summed E-state index contributed by atoms with van der Waals surface area (Å²) in [6.07, 6.45) is -0.738. The van der Waals surface area contributed by atoms with E-state index in [1.807, 2.05) is 0 Å². The predicted octanol–water partition coefficient (Wildman–Crippen LogP) is 2.57. The maximum absolute atomic E-state index is 12.7. The van der Waals surface area contributed by atoms with Crippen LogP contribution in [0.2, 0.25) is 0 Å². The molecule has 8 heteroatoms. The fourth-order valence-corrected chi connectivity index (χ4v) is 1.84. The average Bonchev–Trinajstić information content (AvgIpc) is 2.93. The lowest BCUT2D eigenvalue weighted by Crippen LogP contribution is -2.12. The van der Waals surface area contributed by atoms with Crippen LogP contribution in [0, 0.1) is 0 Å². The summed E-state index contributed by atoms with van der Waals surface area (Å²) in [5.41, 5.74) is 5.23. The Morgan fingerprint density at radius 3 is 2.82 bits per heavy atom. The number of carbonyl (C=O) groups excluding carboxylic acids is 1. The molecule has 22 heavy (non-hydrogen) atoms. The molecule has 0 atom stereocenters. The molecule has 0 aliphatic heterocycles. The molecule has 2 aromatic rings. The molecule has 5 nitrogen and oxygen atoms in total. The van der Waals surface area contributed by atoms with Gasteiger partial charge in [-0.15, -0.1) is 0 Å². The van der Waals surface area contributed by atoms with Crippen molar-refractivity contribution >= 4 is 11.6 Å². The lowest BCUT2D eigenvalue weighted by molar-refractivity contribution is -0.137. The molecular formula is C14H15F3N4O. The van der Waals surface area contributed by atoms with Gasteiger partial charge in [0.25, 0.3) is 0 Å². The van der Waals surface area contributed by atoms with Crippen molar-refractivity contribution in [3.63, 3.8) is 0 Å². The molecular weight excluding hydrogens is 297 g/mol. The smallest absolute Gasteiger partial charge is 0.330 e. The van der Waals surface area contributed by atoms with E-state index in [2.05, 4.69) is 10.4 Å². The largest absolute Gasteiger partial charge is 0.416 e. The molecule has 0 bridgehead atoms. The van der Waals surface area contributed by atoms with Gasteiger partial charge >= 0.3 is 6.18 Å². The van der Waals surface area contributed by atoms with Gasteiger partial charge in [-0.1, -0.05) is 6.07 Å². The number of amides is 1. The van der Waals surface area contributed by atoms with Crippen LogP contribution in [0.15, 0.2) is 36.7 Å². The number of hydrogen-bond acceptors (Lipinski definition) is 3. The fourth-order valence-electron chi connectivity index (χ4n) is 1.84. The van der Waals surface area contributed by atoms with Crippen LogP contribution < -0.4 is 11.1 Å². The number of nitrogens with two attached hydrogens (primary N) is 1. The first-order valence-electron chi connectivity index (χ1n) is 6.62. The van der Waals surface area contributed by atoms with Crippen LogP contribution in [-0.4, -0.2) is 22.2 Å². The van der Waals surface area contributed by atoms with Crippen LogP contribution in [0.3, 0.4) is 0 Å². The maximum atomic E-state index is 12.7. The Balaban J connectivity index is 2.13. The molecule has 1 aromatic heterocycles. The third-order valence-electron chi connectivity index (χ3n) is 2.91. The first-order valence-corrected chi connectivity index (χ1v) is 6.62. The highest BCUT2D eigenvalue weighted by molar-refractivity contribution is 5.90. The van der Waals surface area contributed by atoms with Crippen LogP contribution in [0.1, 0.15) is 18.4 Å². The van der Waals surface area contributed by atoms with Crippen LogP contribution in [-0.2, 0) is 11.0 Å². The minimum absolute atomic E-state index is 0.214. The monoisotopic (exact) mass is 312 g/mol. The zero-order valence-corrected chi connectivity index (χ0v) is 11.6. The Hall–Kier alpha value is -2.35. The molecule has 0 saturated carbocycles. The number of anilines is 1. The number of benzene rings is 1. The van der Waals surface area contributed by atoms with Crippen LogP contribution in [0.25, 0.3) is 5.69 Å². The molecule has 0 radical (unpaired) electrons. The van der Waals surface area contributed by atoms with Crippen molar-refractivity contribution in [1.29, 1.82) is 0 Å². The molecule has 2 rings (SSSR count). The van der Waals surface area contributed by atoms with E-state index >= 15 is 0 Å². The van der Waals surface area contributed by atoms with E-state index in [4.69, 9.17) is 5.73 Å². The minimum atomic E-state index is -4.41. The van der Waals surface area contributed by atoms with Gasteiger partial charge in [0.15, 0.2) is 0 Å². The summed E-state index contributed by atoms with van der Waals surface area (Å²) in [6, 6.07) is 4.79. The lowest BCUT2D eigenvalue weighted by atomic mass is 10.2. The molecule has 1 amide bonds. The number of aromatic nitrogens is 2. The Kier molecular flexibility index (Phi) is 4.81. The van der Waals surface area contributed by atoms with Gasteiger partial charge in [-0.2, -0.15) is 18.3 Å². The molecule has 118 valence electrons. The third-order valence-corrected chi connectivity index (χ3v) is 2.91. The quantitative estimate of drug-likeness (QED) is 0.891. The van der Waals surface area contributed by atoms with E-state index in [9.17, 15) is 18.0 Å². The summed E-state index contributed by atoms with van der Waals surface area (Å²) in [5.74, 6) is -0.214. The highest BCUT2D eigenvalue weighted by Gasteiger charge is 2.30. The maximum Gasteiger partial charge on any atom is 0.416 e. The fraction of sp³-hybridized carbons (Fsp3) is 0.286. The average molecular weight is 312 g/mol. The molecule has 0 aliphatic carbocycles. The van der Waals surface area contributed by atoms with Crippen molar-refractivity contribution < 1.29 is 18.0 Å². The summed E-state index contributed by atoms with van der Waals surface area (Å²) in [6.45, 7) is 0.414. The third kappa shape index (κ3) is 4.08. The van der Waals surface area contributed by atoms with E-state index in [0.717, 1.165) is 12.1 Å². The van der Waals surface area contributed by atoms with Gasteiger partial charge in [-0.3, -0.25) is 4.79 Å². The SMILES string of the molecule is NCCCC(=O)Nc1cnn(-c2cccc(C(F)(F)F)c2)c1. The molecule has 0 unspecified atom stereocenters. The van der Waals surface area contributed by atoms with Crippen LogP contribution in [0.5, 0.6) is 0 Å². The van der Waals surface area contributed by atoms with Gasteiger partial charge in [-0.25, -0.2) is 4.68 Å². The van der Waals surface area contributed by atoms with Gasteiger partial charge in [0.1, 0.15) is 0 Å². The Bertz CT molecular complexity index is 652. The number of rotatable bonds is 5. The predicted molar refractivity (Wildman–Crippen MR) is 75.5 cm³/mol. The number of nitrogens with zero attached hydrogens (tertiary/aromatic N) is 2. The van der Waals surface area contributed by atoms with Crippen LogP contribution in [0.4, 0.5) is 18.9 Å². The number of hydrogen-bond donors (Lipinski definition) is 2. The van der Waals surface area contributed by atoms with Crippen molar-refractivity contribution in [3.05, 3.63) is 42.2 Å². The highest BCUT2D eigenvalue weighted by atomic mass is 19.4. The number of alkyl halides is 3. The van der Waals surface area contributed by atoms with E-state index in [0.29, 0.717) is 18.7 Å². The Morgan fingerprint density at radius 1 is 1.36 bits per heavy atom.